The van der Waals surface area contributed by atoms with Crippen molar-refractivity contribution in [2.24, 2.45) is 0 Å². The average molecular weight is 345 g/mol. The molecule has 4 heteroatoms. The fourth-order valence-corrected chi connectivity index (χ4v) is 3.63. The highest BCUT2D eigenvalue weighted by Gasteiger charge is 2.17. The molecule has 1 aromatic heterocycles. The highest BCUT2D eigenvalue weighted by Crippen LogP contribution is 2.25. The molecule has 0 radical (unpaired) electrons. The lowest BCUT2D eigenvalue weighted by Crippen LogP contribution is -2.28. The zero-order valence-electron chi connectivity index (χ0n) is 15.0. The molecular formula is C22H23N3O. The van der Waals surface area contributed by atoms with Gasteiger partial charge in [0.05, 0.1) is 18.6 Å². The van der Waals surface area contributed by atoms with Crippen molar-refractivity contribution in [2.45, 2.75) is 38.6 Å². The van der Waals surface area contributed by atoms with Crippen LogP contribution in [0.2, 0.25) is 0 Å². The molecule has 1 aliphatic rings. The number of nitrogens with one attached hydrogen (secondary N) is 1. The second-order valence-electron chi connectivity index (χ2n) is 6.91. The molecular weight excluding hydrogens is 322 g/mol. The summed E-state index contributed by atoms with van der Waals surface area (Å²) in [7, 11) is 0. The monoisotopic (exact) mass is 345 g/mol. The summed E-state index contributed by atoms with van der Waals surface area (Å²) >= 11 is 0. The molecule has 0 spiro atoms. The van der Waals surface area contributed by atoms with Gasteiger partial charge < -0.3 is 5.32 Å². The minimum absolute atomic E-state index is 0.0474. The van der Waals surface area contributed by atoms with Crippen LogP contribution in [0.3, 0.4) is 0 Å². The topological polar surface area (TPSA) is 46.9 Å². The van der Waals surface area contributed by atoms with E-state index in [1.165, 1.54) is 30.4 Å². The molecule has 4 rings (SSSR count). The Balaban J connectivity index is 1.53. The van der Waals surface area contributed by atoms with Crippen LogP contribution in [0.25, 0.3) is 5.69 Å². The quantitative estimate of drug-likeness (QED) is 0.769. The highest BCUT2D eigenvalue weighted by molar-refractivity contribution is 5.93. The number of hydrogen-bond acceptors (Lipinski definition) is 2. The molecule has 1 amide bonds. The maximum absolute atomic E-state index is 12.8. The fourth-order valence-electron chi connectivity index (χ4n) is 3.63. The number of para-hydroxylation sites is 1. The van der Waals surface area contributed by atoms with Gasteiger partial charge in [0.15, 0.2) is 0 Å². The van der Waals surface area contributed by atoms with Crippen LogP contribution >= 0.6 is 0 Å². The SMILES string of the molecule is CC(NC(=O)c1cncn1-c1ccccc1)c1ccc2c(c1)CCCC2. The first-order valence-electron chi connectivity index (χ1n) is 9.23. The molecule has 1 heterocycles. The van der Waals surface area contributed by atoms with Crippen LogP contribution in [-0.4, -0.2) is 15.5 Å². The molecule has 0 aliphatic heterocycles. The summed E-state index contributed by atoms with van der Waals surface area (Å²) in [6.07, 6.45) is 8.14. The van der Waals surface area contributed by atoms with E-state index in [4.69, 9.17) is 0 Å². The summed E-state index contributed by atoms with van der Waals surface area (Å²) in [6.45, 7) is 2.03. The van der Waals surface area contributed by atoms with Crippen LogP contribution in [0.15, 0.2) is 61.1 Å². The smallest absolute Gasteiger partial charge is 0.270 e. The van der Waals surface area contributed by atoms with Crippen molar-refractivity contribution in [1.82, 2.24) is 14.9 Å². The summed E-state index contributed by atoms with van der Waals surface area (Å²) in [5.74, 6) is -0.114. The van der Waals surface area contributed by atoms with E-state index in [0.29, 0.717) is 5.69 Å². The van der Waals surface area contributed by atoms with Gasteiger partial charge in [-0.25, -0.2) is 4.98 Å². The summed E-state index contributed by atoms with van der Waals surface area (Å²) in [6, 6.07) is 16.4. The maximum atomic E-state index is 12.8. The van der Waals surface area contributed by atoms with Crippen LogP contribution in [0.5, 0.6) is 0 Å². The Bertz CT molecular complexity index is 914. The highest BCUT2D eigenvalue weighted by atomic mass is 16.2. The maximum Gasteiger partial charge on any atom is 0.270 e. The van der Waals surface area contributed by atoms with E-state index in [1.807, 2.05) is 41.8 Å². The Kier molecular flexibility index (Phi) is 4.57. The van der Waals surface area contributed by atoms with Gasteiger partial charge in [-0.05, 0) is 61.4 Å². The minimum atomic E-state index is -0.114. The minimum Gasteiger partial charge on any atom is -0.344 e. The Morgan fingerprint density at radius 3 is 2.65 bits per heavy atom. The molecule has 132 valence electrons. The number of nitrogens with zero attached hydrogens (tertiary/aromatic N) is 2. The van der Waals surface area contributed by atoms with Gasteiger partial charge in [-0.3, -0.25) is 9.36 Å². The second-order valence-corrected chi connectivity index (χ2v) is 6.91. The van der Waals surface area contributed by atoms with Crippen molar-refractivity contribution in [2.75, 3.05) is 0 Å². The molecule has 0 bridgehead atoms. The van der Waals surface area contributed by atoms with Crippen LogP contribution in [0.4, 0.5) is 0 Å². The number of fused-ring (bicyclic) bond motifs is 1. The molecule has 0 saturated heterocycles. The van der Waals surface area contributed by atoms with E-state index in [1.54, 1.807) is 12.5 Å². The standard InChI is InChI=1S/C22H23N3O/c1-16(18-12-11-17-7-5-6-8-19(17)13-18)24-22(26)21-14-23-15-25(21)20-9-3-2-4-10-20/h2-4,9-16H,5-8H2,1H3,(H,24,26). The summed E-state index contributed by atoms with van der Waals surface area (Å²) in [5.41, 5.74) is 5.52. The van der Waals surface area contributed by atoms with Gasteiger partial charge in [0, 0.05) is 5.69 Å². The van der Waals surface area contributed by atoms with E-state index < -0.39 is 0 Å². The molecule has 26 heavy (non-hydrogen) atoms. The zero-order chi connectivity index (χ0) is 17.9. The molecule has 2 aromatic carbocycles. The third-order valence-electron chi connectivity index (χ3n) is 5.13. The zero-order valence-corrected chi connectivity index (χ0v) is 15.0. The number of carbonyl (C=O) groups is 1. The van der Waals surface area contributed by atoms with Crippen LogP contribution in [-0.2, 0) is 12.8 Å². The third-order valence-corrected chi connectivity index (χ3v) is 5.13. The van der Waals surface area contributed by atoms with Crippen molar-refractivity contribution in [3.8, 4) is 5.69 Å². The molecule has 3 aromatic rings. The third kappa shape index (κ3) is 3.27. The molecule has 4 nitrogen and oxygen atoms in total. The Morgan fingerprint density at radius 2 is 1.85 bits per heavy atom. The Hall–Kier alpha value is -2.88. The van der Waals surface area contributed by atoms with Crippen molar-refractivity contribution < 1.29 is 4.79 Å². The number of aryl methyl sites for hydroxylation is 2. The molecule has 0 fully saturated rings. The number of amides is 1. The first-order chi connectivity index (χ1) is 12.7. The van der Waals surface area contributed by atoms with Crippen LogP contribution < -0.4 is 5.32 Å². The normalized spacial score (nSPS) is 14.5. The summed E-state index contributed by atoms with van der Waals surface area (Å²) < 4.78 is 1.81. The van der Waals surface area contributed by atoms with E-state index in [9.17, 15) is 4.79 Å². The first kappa shape index (κ1) is 16.6. The average Bonchev–Trinajstić information content (AvgIpc) is 3.18. The fraction of sp³-hybridized carbons (Fsp3) is 0.273. The number of aromatic nitrogens is 2. The van der Waals surface area contributed by atoms with Gasteiger partial charge in [0.2, 0.25) is 0 Å². The summed E-state index contributed by atoms with van der Waals surface area (Å²) in [4.78, 5) is 17.0. The van der Waals surface area contributed by atoms with E-state index in [0.717, 1.165) is 17.7 Å². The van der Waals surface area contributed by atoms with Gasteiger partial charge in [0.1, 0.15) is 5.69 Å². The second kappa shape index (κ2) is 7.16. The van der Waals surface area contributed by atoms with Gasteiger partial charge in [-0.2, -0.15) is 0 Å². The van der Waals surface area contributed by atoms with E-state index in [2.05, 4.69) is 28.5 Å². The molecule has 1 aliphatic carbocycles. The molecule has 1 unspecified atom stereocenters. The molecule has 1 N–H and O–H groups in total. The molecule has 0 saturated carbocycles. The number of imidazole rings is 1. The first-order valence-corrected chi connectivity index (χ1v) is 9.23. The number of rotatable bonds is 4. The lowest BCUT2D eigenvalue weighted by molar-refractivity contribution is 0.0933. The van der Waals surface area contributed by atoms with Crippen LogP contribution in [0, 0.1) is 0 Å². The molecule has 1 atom stereocenters. The largest absolute Gasteiger partial charge is 0.344 e. The van der Waals surface area contributed by atoms with E-state index >= 15 is 0 Å². The van der Waals surface area contributed by atoms with Crippen molar-refractivity contribution in [3.05, 3.63) is 83.4 Å². The van der Waals surface area contributed by atoms with Gasteiger partial charge in [-0.15, -0.1) is 0 Å². The number of hydrogen-bond donors (Lipinski definition) is 1. The van der Waals surface area contributed by atoms with Gasteiger partial charge in [-0.1, -0.05) is 36.4 Å². The lowest BCUT2D eigenvalue weighted by Gasteiger charge is -2.20. The Morgan fingerprint density at radius 1 is 1.08 bits per heavy atom. The van der Waals surface area contributed by atoms with Crippen LogP contribution in [0.1, 0.15) is 53.0 Å². The van der Waals surface area contributed by atoms with Crippen molar-refractivity contribution in [1.29, 1.82) is 0 Å². The van der Waals surface area contributed by atoms with Gasteiger partial charge in [0.25, 0.3) is 5.91 Å². The number of carbonyl (C=O) groups excluding carboxylic acids is 1. The van der Waals surface area contributed by atoms with Crippen molar-refractivity contribution in [3.63, 3.8) is 0 Å². The van der Waals surface area contributed by atoms with Crippen molar-refractivity contribution >= 4 is 5.91 Å². The Labute approximate surface area is 153 Å². The number of benzene rings is 2. The lowest BCUT2D eigenvalue weighted by atomic mass is 9.89. The predicted octanol–water partition coefficient (Wildman–Crippen LogP) is 4.24. The van der Waals surface area contributed by atoms with Gasteiger partial charge >= 0.3 is 0 Å². The summed E-state index contributed by atoms with van der Waals surface area (Å²) in [5, 5.41) is 3.12. The predicted molar refractivity (Wildman–Crippen MR) is 103 cm³/mol. The van der Waals surface area contributed by atoms with E-state index in [-0.39, 0.29) is 11.9 Å².